The molecule has 29 heavy (non-hydrogen) atoms. The minimum Gasteiger partial charge on any atom is -0.365 e. The normalized spacial score (nSPS) is 19.3. The van der Waals surface area contributed by atoms with Crippen molar-refractivity contribution in [2.24, 2.45) is 5.73 Å². The largest absolute Gasteiger partial charge is 0.365 e. The summed E-state index contributed by atoms with van der Waals surface area (Å²) >= 11 is 2.04. The maximum Gasteiger partial charge on any atom is 0.183 e. The zero-order valence-corrected chi connectivity index (χ0v) is 18.2. The number of halogens is 3. The fourth-order valence-electron chi connectivity index (χ4n) is 3.73. The second-order valence-electron chi connectivity index (χ2n) is 7.06. The van der Waals surface area contributed by atoms with Gasteiger partial charge in [-0.25, -0.2) is 18.7 Å². The van der Waals surface area contributed by atoms with Crippen LogP contribution in [0.1, 0.15) is 31.2 Å². The van der Waals surface area contributed by atoms with Gasteiger partial charge in [0.2, 0.25) is 0 Å². The monoisotopic (exact) mass is 526 g/mol. The Morgan fingerprint density at radius 3 is 2.86 bits per heavy atom. The summed E-state index contributed by atoms with van der Waals surface area (Å²) in [4.78, 5) is 8.50. The van der Waals surface area contributed by atoms with Crippen LogP contribution in [0, 0.1) is 23.0 Å². The summed E-state index contributed by atoms with van der Waals surface area (Å²) in [6.45, 7) is 0. The van der Waals surface area contributed by atoms with Crippen LogP contribution in [0.4, 0.5) is 14.6 Å². The Bertz CT molecular complexity index is 1110. The summed E-state index contributed by atoms with van der Waals surface area (Å²) in [5.74, 6) is -0.693. The van der Waals surface area contributed by atoms with Gasteiger partial charge in [0.25, 0.3) is 0 Å². The first-order chi connectivity index (χ1) is 14.0. The van der Waals surface area contributed by atoms with Gasteiger partial charge in [0.1, 0.15) is 5.82 Å². The fraction of sp³-hybridized carbons (Fsp3) is 0.316. The highest BCUT2D eigenvalue weighted by Gasteiger charge is 2.22. The molecule has 0 amide bonds. The van der Waals surface area contributed by atoms with Crippen LogP contribution in [0.3, 0.4) is 0 Å². The molecule has 1 aliphatic carbocycles. The number of nitrogens with one attached hydrogen (secondary N) is 1. The molecule has 2 heterocycles. The third kappa shape index (κ3) is 4.04. The average Bonchev–Trinajstić information content (AvgIpc) is 3.09. The molecule has 0 spiro atoms. The topological polar surface area (TPSA) is 92.6 Å². The number of nitrogens with zero attached hydrogens (tertiary/aromatic N) is 4. The van der Waals surface area contributed by atoms with Gasteiger partial charge < -0.3 is 11.1 Å². The molecule has 2 aromatic heterocycles. The number of hydrogen-bond acceptors (Lipinski definition) is 6. The van der Waals surface area contributed by atoms with E-state index in [1.807, 2.05) is 27.3 Å². The van der Waals surface area contributed by atoms with Crippen molar-refractivity contribution in [1.29, 1.82) is 5.26 Å². The Morgan fingerprint density at radius 1 is 1.31 bits per heavy atom. The summed E-state index contributed by atoms with van der Waals surface area (Å²) in [5, 5.41) is 12.8. The third-order valence-corrected chi connectivity index (χ3v) is 6.77. The van der Waals surface area contributed by atoms with Crippen LogP contribution < -0.4 is 11.1 Å². The lowest BCUT2D eigenvalue weighted by atomic mass is 9.92. The van der Waals surface area contributed by atoms with Crippen LogP contribution in [0.25, 0.3) is 22.3 Å². The SMILES string of the molecule is N#Cc1cc(F)c2c(c1)c(-c1ncc(F)c(N[C@@H]3CCC[C@H](N)C3)n1)cn2SI. The lowest BCUT2D eigenvalue weighted by molar-refractivity contribution is 0.407. The predicted octanol–water partition coefficient (Wildman–Crippen LogP) is 4.78. The van der Waals surface area contributed by atoms with Gasteiger partial charge in [-0.1, -0.05) is 0 Å². The molecule has 4 rings (SSSR count). The summed E-state index contributed by atoms with van der Waals surface area (Å²) in [5.41, 5.74) is 7.09. The fourth-order valence-corrected chi connectivity index (χ4v) is 5.06. The van der Waals surface area contributed by atoms with Gasteiger partial charge in [0.05, 0.1) is 23.3 Å². The first-order valence-corrected chi connectivity index (χ1v) is 12.4. The van der Waals surface area contributed by atoms with E-state index in [0.29, 0.717) is 16.5 Å². The second-order valence-corrected chi connectivity index (χ2v) is 8.77. The van der Waals surface area contributed by atoms with Crippen molar-refractivity contribution in [2.45, 2.75) is 37.8 Å². The molecule has 0 bridgehead atoms. The molecule has 6 nitrogen and oxygen atoms in total. The first-order valence-electron chi connectivity index (χ1n) is 9.09. The zero-order valence-electron chi connectivity index (χ0n) is 15.2. The van der Waals surface area contributed by atoms with E-state index in [1.165, 1.54) is 15.2 Å². The highest BCUT2D eigenvalue weighted by atomic mass is 127. The van der Waals surface area contributed by atoms with Gasteiger partial charge in [-0.2, -0.15) is 5.26 Å². The summed E-state index contributed by atoms with van der Waals surface area (Å²) in [6.07, 6.45) is 6.40. The number of nitrogens with two attached hydrogens (primary N) is 1. The third-order valence-electron chi connectivity index (χ3n) is 5.06. The molecule has 1 aliphatic rings. The lowest BCUT2D eigenvalue weighted by Gasteiger charge is -2.27. The standard InChI is InChI=1S/C19H17F2IN6S/c20-15-5-10(7-23)4-13-14(9-28(29-22)17(13)15)18-25-8-16(21)19(27-18)26-12-3-1-2-11(24)6-12/h4-5,8-9,11-12H,1-3,6,24H2,(H,25,26,27)/t11-,12+/m0/s1. The highest BCUT2D eigenvalue weighted by Crippen LogP contribution is 2.36. The molecular weight excluding hydrogens is 509 g/mol. The molecule has 2 atom stereocenters. The summed E-state index contributed by atoms with van der Waals surface area (Å²) in [7, 11) is 1.28. The minimum atomic E-state index is -0.552. The summed E-state index contributed by atoms with van der Waals surface area (Å²) in [6, 6.07) is 4.89. The van der Waals surface area contributed by atoms with Gasteiger partial charge in [-0.15, -0.1) is 0 Å². The number of hydrogen-bond donors (Lipinski definition) is 2. The van der Waals surface area contributed by atoms with Crippen molar-refractivity contribution in [2.75, 3.05) is 5.32 Å². The van der Waals surface area contributed by atoms with Gasteiger partial charge in [0, 0.05) is 59.6 Å². The number of nitriles is 1. The number of aromatic nitrogens is 3. The van der Waals surface area contributed by atoms with E-state index in [4.69, 9.17) is 5.73 Å². The molecule has 10 heteroatoms. The molecule has 0 saturated heterocycles. The number of rotatable bonds is 4. The predicted molar refractivity (Wildman–Crippen MR) is 118 cm³/mol. The maximum atomic E-state index is 14.6. The van der Waals surface area contributed by atoms with E-state index >= 15 is 0 Å². The maximum absolute atomic E-state index is 14.6. The van der Waals surface area contributed by atoms with Crippen LogP contribution in [0.15, 0.2) is 24.5 Å². The number of anilines is 1. The average molecular weight is 526 g/mol. The van der Waals surface area contributed by atoms with Crippen LogP contribution in [-0.2, 0) is 0 Å². The Kier molecular flexibility index (Phi) is 5.89. The van der Waals surface area contributed by atoms with E-state index in [9.17, 15) is 14.0 Å². The summed E-state index contributed by atoms with van der Waals surface area (Å²) < 4.78 is 30.6. The van der Waals surface area contributed by atoms with Crippen molar-refractivity contribution in [1.82, 2.24) is 13.9 Å². The van der Waals surface area contributed by atoms with Crippen molar-refractivity contribution in [3.8, 4) is 17.5 Å². The highest BCUT2D eigenvalue weighted by molar-refractivity contribution is 14.2. The van der Waals surface area contributed by atoms with E-state index in [0.717, 1.165) is 31.9 Å². The molecule has 1 aromatic carbocycles. The number of benzene rings is 1. The van der Waals surface area contributed by atoms with E-state index < -0.39 is 11.6 Å². The van der Waals surface area contributed by atoms with E-state index in [2.05, 4.69) is 15.3 Å². The second kappa shape index (κ2) is 8.41. The van der Waals surface area contributed by atoms with Crippen molar-refractivity contribution in [3.05, 3.63) is 41.7 Å². The van der Waals surface area contributed by atoms with Crippen LogP contribution in [0.2, 0.25) is 0 Å². The Hall–Kier alpha value is -1.97. The molecule has 3 aromatic rings. The Morgan fingerprint density at radius 2 is 2.14 bits per heavy atom. The number of fused-ring (bicyclic) bond motifs is 1. The minimum absolute atomic E-state index is 0.0462. The molecule has 0 aliphatic heterocycles. The molecule has 1 saturated carbocycles. The molecule has 0 radical (unpaired) electrons. The van der Waals surface area contributed by atoms with Crippen LogP contribution in [0.5, 0.6) is 0 Å². The molecule has 0 unspecified atom stereocenters. The van der Waals surface area contributed by atoms with Crippen molar-refractivity contribution < 1.29 is 8.78 Å². The van der Waals surface area contributed by atoms with Gasteiger partial charge in [-0.3, -0.25) is 3.97 Å². The van der Waals surface area contributed by atoms with Gasteiger partial charge in [0.15, 0.2) is 17.5 Å². The lowest BCUT2D eigenvalue weighted by Crippen LogP contribution is -2.35. The Labute approximate surface area is 182 Å². The Balaban J connectivity index is 1.78. The van der Waals surface area contributed by atoms with Crippen molar-refractivity contribution >= 4 is 47.0 Å². The smallest absolute Gasteiger partial charge is 0.183 e. The molecule has 150 valence electrons. The van der Waals surface area contributed by atoms with Crippen molar-refractivity contribution in [3.63, 3.8) is 0 Å². The zero-order chi connectivity index (χ0) is 20.5. The van der Waals surface area contributed by atoms with Crippen LogP contribution in [-0.4, -0.2) is 26.0 Å². The molecular formula is C19H17F2IN6S. The van der Waals surface area contributed by atoms with E-state index in [1.54, 1.807) is 16.2 Å². The van der Waals surface area contributed by atoms with Gasteiger partial charge >= 0.3 is 0 Å². The van der Waals surface area contributed by atoms with Crippen LogP contribution >= 0.6 is 30.3 Å². The first kappa shape index (κ1) is 20.3. The quantitative estimate of drug-likeness (QED) is 0.476. The van der Waals surface area contributed by atoms with E-state index in [-0.39, 0.29) is 29.3 Å². The molecule has 3 N–H and O–H groups in total. The molecule has 1 fully saturated rings. The van der Waals surface area contributed by atoms with Gasteiger partial charge in [-0.05, 0) is 37.8 Å².